The van der Waals surface area contributed by atoms with Crippen LogP contribution in [0.5, 0.6) is 5.75 Å². The van der Waals surface area contributed by atoms with Gasteiger partial charge in [0.05, 0.1) is 11.0 Å². The molecular formula is C28H40N4O. The largest absolute Gasteiger partial charge is 0.507 e. The van der Waals surface area contributed by atoms with Gasteiger partial charge in [0, 0.05) is 30.4 Å². The lowest BCUT2D eigenvalue weighted by Crippen LogP contribution is -2.26. The Balaban J connectivity index is 2.06. The summed E-state index contributed by atoms with van der Waals surface area (Å²) in [7, 11) is 0. The highest BCUT2D eigenvalue weighted by atomic mass is 16.3. The van der Waals surface area contributed by atoms with E-state index in [9.17, 15) is 5.11 Å². The Bertz CT molecular complexity index is 1090. The molecule has 33 heavy (non-hydrogen) atoms. The zero-order valence-corrected chi connectivity index (χ0v) is 21.6. The summed E-state index contributed by atoms with van der Waals surface area (Å²) >= 11 is 0. The van der Waals surface area contributed by atoms with Crippen molar-refractivity contribution in [2.24, 2.45) is 4.99 Å². The minimum atomic E-state index is -0.176. The topological polar surface area (TPSA) is 53.7 Å². The van der Waals surface area contributed by atoms with Crippen molar-refractivity contribution in [1.29, 1.82) is 0 Å². The van der Waals surface area contributed by atoms with Crippen LogP contribution in [-0.2, 0) is 17.4 Å². The van der Waals surface area contributed by atoms with Crippen LogP contribution in [0.15, 0.2) is 41.4 Å². The lowest BCUT2D eigenvalue weighted by atomic mass is 9.78. The molecule has 2 aromatic carbocycles. The van der Waals surface area contributed by atoms with E-state index in [1.165, 1.54) is 0 Å². The van der Waals surface area contributed by atoms with Gasteiger partial charge < -0.3 is 14.6 Å². The molecule has 0 amide bonds. The number of nitrogens with zero attached hydrogens (tertiary/aromatic N) is 4. The Morgan fingerprint density at radius 2 is 1.55 bits per heavy atom. The molecule has 0 saturated heterocycles. The van der Waals surface area contributed by atoms with E-state index in [1.807, 2.05) is 18.3 Å². The van der Waals surface area contributed by atoms with Crippen LogP contribution in [0.25, 0.3) is 11.0 Å². The second-order valence-corrected chi connectivity index (χ2v) is 10.8. The third-order valence-corrected chi connectivity index (χ3v) is 6.25. The molecule has 0 aliphatic heterocycles. The summed E-state index contributed by atoms with van der Waals surface area (Å²) < 4.78 is 2.21. The van der Waals surface area contributed by atoms with Crippen molar-refractivity contribution >= 4 is 23.2 Å². The summed E-state index contributed by atoms with van der Waals surface area (Å²) in [5.74, 6) is 1.10. The zero-order valence-electron chi connectivity index (χ0n) is 21.6. The van der Waals surface area contributed by atoms with Crippen molar-refractivity contribution in [2.75, 3.05) is 19.6 Å². The highest BCUT2D eigenvalue weighted by Gasteiger charge is 2.26. The number of hydrogen-bond donors (Lipinski definition) is 1. The first-order valence-corrected chi connectivity index (χ1v) is 12.0. The Labute approximate surface area is 199 Å². The number of imidazole rings is 1. The van der Waals surface area contributed by atoms with Crippen LogP contribution in [0.3, 0.4) is 0 Å². The molecule has 3 rings (SSSR count). The van der Waals surface area contributed by atoms with Gasteiger partial charge in [-0.15, -0.1) is 0 Å². The minimum absolute atomic E-state index is 0.176. The molecular weight excluding hydrogens is 408 g/mol. The van der Waals surface area contributed by atoms with E-state index in [4.69, 9.17) is 9.98 Å². The van der Waals surface area contributed by atoms with Gasteiger partial charge in [0.1, 0.15) is 5.75 Å². The average Bonchev–Trinajstić information content (AvgIpc) is 3.09. The number of rotatable bonds is 7. The highest BCUT2D eigenvalue weighted by molar-refractivity contribution is 5.85. The number of aromatic nitrogens is 2. The number of fused-ring (bicyclic) bond motifs is 1. The maximum Gasteiger partial charge on any atom is 0.230 e. The first kappa shape index (κ1) is 25.0. The van der Waals surface area contributed by atoms with Crippen LogP contribution in [0.4, 0.5) is 5.95 Å². The molecule has 0 radical (unpaired) electrons. The molecule has 0 unspecified atom stereocenters. The molecule has 0 spiro atoms. The van der Waals surface area contributed by atoms with Crippen molar-refractivity contribution in [3.8, 4) is 5.75 Å². The smallest absolute Gasteiger partial charge is 0.230 e. The summed E-state index contributed by atoms with van der Waals surface area (Å²) in [6.07, 6.45) is 1.89. The number of hydrogen-bond acceptors (Lipinski definition) is 4. The van der Waals surface area contributed by atoms with E-state index in [0.717, 1.165) is 53.9 Å². The summed E-state index contributed by atoms with van der Waals surface area (Å²) in [5.41, 5.74) is 4.56. The normalized spacial score (nSPS) is 13.0. The van der Waals surface area contributed by atoms with Gasteiger partial charge in [-0.05, 0) is 53.7 Å². The first-order chi connectivity index (χ1) is 15.5. The SMILES string of the molecule is CCN(CC)CCn1c(N=Cc2cc(C(C)(C)C)c(O)c(C(C)(C)C)c2)nc2ccccc21. The van der Waals surface area contributed by atoms with Crippen LogP contribution in [-0.4, -0.2) is 45.4 Å². The summed E-state index contributed by atoms with van der Waals surface area (Å²) in [4.78, 5) is 12.1. The molecule has 0 aliphatic carbocycles. The van der Waals surface area contributed by atoms with E-state index in [-0.39, 0.29) is 10.8 Å². The predicted octanol–water partition coefficient (Wildman–Crippen LogP) is 6.43. The van der Waals surface area contributed by atoms with E-state index in [0.29, 0.717) is 11.7 Å². The molecule has 5 heteroatoms. The zero-order chi connectivity index (χ0) is 24.4. The van der Waals surface area contributed by atoms with Crippen molar-refractivity contribution < 1.29 is 5.11 Å². The molecule has 0 atom stereocenters. The molecule has 0 saturated carbocycles. The summed E-state index contributed by atoms with van der Waals surface area (Å²) in [5, 5.41) is 11.0. The van der Waals surface area contributed by atoms with E-state index >= 15 is 0 Å². The molecule has 1 aromatic heterocycles. The molecule has 0 bridgehead atoms. The quantitative estimate of drug-likeness (QED) is 0.424. The van der Waals surface area contributed by atoms with Gasteiger partial charge in [0.2, 0.25) is 5.95 Å². The lowest BCUT2D eigenvalue weighted by Gasteiger charge is -2.27. The maximum atomic E-state index is 11.0. The number of aliphatic imine (C=N–C) groups is 1. The molecule has 178 valence electrons. The third-order valence-electron chi connectivity index (χ3n) is 6.25. The van der Waals surface area contributed by atoms with Gasteiger partial charge >= 0.3 is 0 Å². The van der Waals surface area contributed by atoms with Crippen LogP contribution in [0, 0.1) is 0 Å². The average molecular weight is 449 g/mol. The van der Waals surface area contributed by atoms with Gasteiger partial charge in [-0.1, -0.05) is 67.5 Å². The highest BCUT2D eigenvalue weighted by Crippen LogP contribution is 2.39. The van der Waals surface area contributed by atoms with Crippen molar-refractivity contribution in [2.45, 2.75) is 72.8 Å². The fraction of sp³-hybridized carbons (Fsp3) is 0.500. The molecule has 1 heterocycles. The van der Waals surface area contributed by atoms with Crippen molar-refractivity contribution in [3.63, 3.8) is 0 Å². The first-order valence-electron chi connectivity index (χ1n) is 12.0. The Morgan fingerprint density at radius 3 is 2.09 bits per heavy atom. The van der Waals surface area contributed by atoms with Gasteiger partial charge in [-0.25, -0.2) is 9.98 Å². The van der Waals surface area contributed by atoms with Gasteiger partial charge in [0.15, 0.2) is 0 Å². The van der Waals surface area contributed by atoms with Gasteiger partial charge in [0.25, 0.3) is 0 Å². The number of phenols is 1. The van der Waals surface area contributed by atoms with Crippen LogP contribution >= 0.6 is 0 Å². The van der Waals surface area contributed by atoms with Gasteiger partial charge in [-0.2, -0.15) is 0 Å². The number of likely N-dealkylation sites (N-methyl/N-ethyl adjacent to an activating group) is 1. The van der Waals surface area contributed by atoms with Gasteiger partial charge in [-0.3, -0.25) is 0 Å². The van der Waals surface area contributed by atoms with Crippen molar-refractivity contribution in [1.82, 2.24) is 14.5 Å². The second-order valence-electron chi connectivity index (χ2n) is 10.8. The minimum Gasteiger partial charge on any atom is -0.507 e. The molecule has 3 aromatic rings. The third kappa shape index (κ3) is 5.64. The number of para-hydroxylation sites is 2. The molecule has 0 aliphatic rings. The number of phenolic OH excluding ortho intramolecular Hbond substituents is 1. The van der Waals surface area contributed by atoms with Crippen LogP contribution < -0.4 is 0 Å². The maximum absolute atomic E-state index is 11.0. The predicted molar refractivity (Wildman–Crippen MR) is 140 cm³/mol. The van der Waals surface area contributed by atoms with Crippen molar-refractivity contribution in [3.05, 3.63) is 53.1 Å². The molecule has 5 nitrogen and oxygen atoms in total. The molecule has 1 N–H and O–H groups in total. The fourth-order valence-corrected chi connectivity index (χ4v) is 4.17. The van der Waals surface area contributed by atoms with E-state index in [2.05, 4.69) is 89.1 Å². The monoisotopic (exact) mass is 448 g/mol. The van der Waals surface area contributed by atoms with E-state index < -0.39 is 0 Å². The second kappa shape index (κ2) is 9.68. The van der Waals surface area contributed by atoms with Crippen LogP contribution in [0.1, 0.15) is 72.1 Å². The fourth-order valence-electron chi connectivity index (χ4n) is 4.17. The van der Waals surface area contributed by atoms with E-state index in [1.54, 1.807) is 0 Å². The standard InChI is InChI=1S/C28H40N4O/c1-9-31(10-2)15-16-32-24-14-12-11-13-23(24)30-26(32)29-19-20-17-21(27(3,4)5)25(33)22(18-20)28(6,7)8/h11-14,17-19,33H,9-10,15-16H2,1-8H3. The molecule has 0 fully saturated rings. The number of benzene rings is 2. The summed E-state index contributed by atoms with van der Waals surface area (Å²) in [6, 6.07) is 12.3. The van der Waals surface area contributed by atoms with Crippen LogP contribution in [0.2, 0.25) is 0 Å². The number of aromatic hydroxyl groups is 1. The Morgan fingerprint density at radius 1 is 0.970 bits per heavy atom. The Kier molecular flexibility index (Phi) is 7.32. The Hall–Kier alpha value is -2.66. The lowest BCUT2D eigenvalue weighted by molar-refractivity contribution is 0.292. The summed E-state index contributed by atoms with van der Waals surface area (Å²) in [6.45, 7) is 21.0.